The van der Waals surface area contributed by atoms with Crippen LogP contribution in [-0.4, -0.2) is 17.9 Å². The van der Waals surface area contributed by atoms with Crippen molar-refractivity contribution in [2.75, 3.05) is 0 Å². The van der Waals surface area contributed by atoms with Crippen molar-refractivity contribution in [1.29, 1.82) is 0 Å². The molecular weight excluding hydrogens is 162 g/mol. The second-order valence-electron chi connectivity index (χ2n) is 4.43. The molecule has 0 aromatic carbocycles. The van der Waals surface area contributed by atoms with Crippen molar-refractivity contribution in [2.24, 2.45) is 5.92 Å². The molecule has 1 heterocycles. The zero-order valence-corrected chi connectivity index (χ0v) is 8.38. The lowest BCUT2D eigenvalue weighted by molar-refractivity contribution is -0.120. The van der Waals surface area contributed by atoms with Crippen LogP contribution in [0, 0.1) is 5.92 Å². The van der Waals surface area contributed by atoms with Gasteiger partial charge in [0.15, 0.2) is 0 Å². The summed E-state index contributed by atoms with van der Waals surface area (Å²) in [5.74, 6) is 1.21. The van der Waals surface area contributed by atoms with Gasteiger partial charge in [0.25, 0.3) is 0 Å². The molecule has 2 aliphatic rings. The zero-order chi connectivity index (χ0) is 9.26. The molecule has 0 bridgehead atoms. The van der Waals surface area contributed by atoms with Gasteiger partial charge < -0.3 is 5.32 Å². The molecule has 2 fully saturated rings. The molecule has 13 heavy (non-hydrogen) atoms. The third kappa shape index (κ3) is 1.78. The van der Waals surface area contributed by atoms with Crippen LogP contribution >= 0.6 is 0 Å². The standard InChI is InChI=1S/C11H19NO/c1-2-11(13)10-7-8-5-3-4-6-9(8)12-10/h8-10,12H,2-7H2,1H3/t8-,9-,10-/m0/s1. The van der Waals surface area contributed by atoms with Gasteiger partial charge in [-0.05, 0) is 25.2 Å². The first-order valence-electron chi connectivity index (χ1n) is 5.60. The van der Waals surface area contributed by atoms with E-state index in [2.05, 4.69) is 5.32 Å². The largest absolute Gasteiger partial charge is 0.304 e. The summed E-state index contributed by atoms with van der Waals surface area (Å²) in [7, 11) is 0. The van der Waals surface area contributed by atoms with Crippen LogP contribution in [0.15, 0.2) is 0 Å². The average Bonchev–Trinajstić information content (AvgIpc) is 2.59. The van der Waals surface area contributed by atoms with Crippen LogP contribution in [0.4, 0.5) is 0 Å². The normalized spacial score (nSPS) is 38.7. The van der Waals surface area contributed by atoms with Gasteiger partial charge in [-0.25, -0.2) is 0 Å². The van der Waals surface area contributed by atoms with Gasteiger partial charge in [0.1, 0.15) is 5.78 Å². The van der Waals surface area contributed by atoms with Crippen LogP contribution in [0.2, 0.25) is 0 Å². The monoisotopic (exact) mass is 181 g/mol. The summed E-state index contributed by atoms with van der Waals surface area (Å²) in [5.41, 5.74) is 0. The minimum atomic E-state index is 0.193. The molecule has 0 amide bonds. The van der Waals surface area contributed by atoms with Crippen molar-refractivity contribution in [3.63, 3.8) is 0 Å². The molecule has 0 aromatic heterocycles. The van der Waals surface area contributed by atoms with E-state index >= 15 is 0 Å². The second kappa shape index (κ2) is 3.79. The number of rotatable bonds is 2. The fourth-order valence-electron chi connectivity index (χ4n) is 2.81. The van der Waals surface area contributed by atoms with Crippen LogP contribution in [-0.2, 0) is 4.79 Å². The summed E-state index contributed by atoms with van der Waals surface area (Å²) in [6.07, 6.45) is 7.15. The summed E-state index contributed by atoms with van der Waals surface area (Å²) in [5, 5.41) is 3.49. The first-order chi connectivity index (χ1) is 6.31. The molecule has 0 unspecified atom stereocenters. The molecule has 1 saturated carbocycles. The Morgan fingerprint density at radius 2 is 2.15 bits per heavy atom. The highest BCUT2D eigenvalue weighted by Gasteiger charge is 2.37. The van der Waals surface area contributed by atoms with E-state index in [1.165, 1.54) is 25.7 Å². The van der Waals surface area contributed by atoms with Crippen molar-refractivity contribution < 1.29 is 4.79 Å². The van der Waals surface area contributed by atoms with Crippen molar-refractivity contribution in [3.8, 4) is 0 Å². The first-order valence-corrected chi connectivity index (χ1v) is 5.60. The number of fused-ring (bicyclic) bond motifs is 1. The number of carbonyl (C=O) groups excluding carboxylic acids is 1. The Labute approximate surface area is 80.1 Å². The number of hydrogen-bond donors (Lipinski definition) is 1. The summed E-state index contributed by atoms with van der Waals surface area (Å²) in [6.45, 7) is 1.96. The smallest absolute Gasteiger partial charge is 0.149 e. The van der Waals surface area contributed by atoms with E-state index < -0.39 is 0 Å². The van der Waals surface area contributed by atoms with Crippen molar-refractivity contribution in [1.82, 2.24) is 5.32 Å². The summed E-state index contributed by atoms with van der Waals surface area (Å²) >= 11 is 0. The van der Waals surface area contributed by atoms with Crippen LogP contribution in [0.1, 0.15) is 45.4 Å². The molecule has 1 aliphatic heterocycles. The lowest BCUT2D eigenvalue weighted by atomic mass is 9.85. The predicted octanol–water partition coefficient (Wildman–Crippen LogP) is 1.89. The predicted molar refractivity (Wildman–Crippen MR) is 52.6 cm³/mol. The minimum Gasteiger partial charge on any atom is -0.304 e. The Hall–Kier alpha value is -0.370. The maximum Gasteiger partial charge on any atom is 0.149 e. The summed E-state index contributed by atoms with van der Waals surface area (Å²) in [6, 6.07) is 0.854. The first kappa shape index (κ1) is 9.20. The highest BCUT2D eigenvalue weighted by Crippen LogP contribution is 2.33. The van der Waals surface area contributed by atoms with E-state index in [9.17, 15) is 4.79 Å². The molecule has 2 rings (SSSR count). The van der Waals surface area contributed by atoms with Gasteiger partial charge in [0, 0.05) is 12.5 Å². The molecule has 74 valence electrons. The molecule has 0 aromatic rings. The molecule has 2 heteroatoms. The van der Waals surface area contributed by atoms with E-state index in [0.29, 0.717) is 18.2 Å². The van der Waals surface area contributed by atoms with Gasteiger partial charge in [-0.2, -0.15) is 0 Å². The van der Waals surface area contributed by atoms with Crippen molar-refractivity contribution in [3.05, 3.63) is 0 Å². The number of nitrogens with one attached hydrogen (secondary N) is 1. The molecule has 1 N–H and O–H groups in total. The van der Waals surface area contributed by atoms with Crippen LogP contribution < -0.4 is 5.32 Å². The summed E-state index contributed by atoms with van der Waals surface area (Å²) < 4.78 is 0. The van der Waals surface area contributed by atoms with E-state index in [4.69, 9.17) is 0 Å². The highest BCUT2D eigenvalue weighted by molar-refractivity contribution is 5.84. The Bertz CT molecular complexity index is 188. The maximum absolute atomic E-state index is 11.5. The van der Waals surface area contributed by atoms with Crippen LogP contribution in [0.5, 0.6) is 0 Å². The van der Waals surface area contributed by atoms with E-state index in [-0.39, 0.29) is 6.04 Å². The van der Waals surface area contributed by atoms with Crippen molar-refractivity contribution in [2.45, 2.75) is 57.5 Å². The lowest BCUT2D eigenvalue weighted by Crippen LogP contribution is -2.36. The Balaban J connectivity index is 1.94. The Kier molecular flexibility index (Phi) is 2.68. The van der Waals surface area contributed by atoms with Crippen molar-refractivity contribution >= 4 is 5.78 Å². The second-order valence-corrected chi connectivity index (χ2v) is 4.43. The fourth-order valence-corrected chi connectivity index (χ4v) is 2.81. The molecule has 2 nitrogen and oxygen atoms in total. The molecule has 0 spiro atoms. The highest BCUT2D eigenvalue weighted by atomic mass is 16.1. The Morgan fingerprint density at radius 1 is 1.38 bits per heavy atom. The number of Topliss-reactive ketones (excluding diaryl/α,β-unsaturated/α-hetero) is 1. The number of hydrogen-bond acceptors (Lipinski definition) is 2. The van der Waals surface area contributed by atoms with Gasteiger partial charge in [-0.3, -0.25) is 4.79 Å². The van der Waals surface area contributed by atoms with Crippen LogP contribution in [0.3, 0.4) is 0 Å². The third-order valence-corrected chi connectivity index (χ3v) is 3.60. The molecule has 1 aliphatic carbocycles. The lowest BCUT2D eigenvalue weighted by Gasteiger charge is -2.24. The third-order valence-electron chi connectivity index (χ3n) is 3.60. The maximum atomic E-state index is 11.5. The topological polar surface area (TPSA) is 29.1 Å². The van der Waals surface area contributed by atoms with Gasteiger partial charge in [0.05, 0.1) is 6.04 Å². The number of carbonyl (C=O) groups is 1. The Morgan fingerprint density at radius 3 is 2.85 bits per heavy atom. The summed E-state index contributed by atoms with van der Waals surface area (Å²) in [4.78, 5) is 11.5. The quantitative estimate of drug-likeness (QED) is 0.704. The van der Waals surface area contributed by atoms with Gasteiger partial charge in [-0.15, -0.1) is 0 Å². The van der Waals surface area contributed by atoms with E-state index in [1.54, 1.807) is 0 Å². The van der Waals surface area contributed by atoms with E-state index in [1.807, 2.05) is 6.92 Å². The molecule has 0 radical (unpaired) electrons. The van der Waals surface area contributed by atoms with Gasteiger partial charge >= 0.3 is 0 Å². The molecule has 3 atom stereocenters. The van der Waals surface area contributed by atoms with Gasteiger partial charge in [0.2, 0.25) is 0 Å². The minimum absolute atomic E-state index is 0.193. The van der Waals surface area contributed by atoms with Crippen LogP contribution in [0.25, 0.3) is 0 Å². The van der Waals surface area contributed by atoms with E-state index in [0.717, 1.165) is 12.3 Å². The fraction of sp³-hybridized carbons (Fsp3) is 0.909. The average molecular weight is 181 g/mol. The SMILES string of the molecule is CCC(=O)[C@@H]1C[C@@H]2CCCC[C@@H]2N1. The molecule has 1 saturated heterocycles. The zero-order valence-electron chi connectivity index (χ0n) is 8.38. The van der Waals surface area contributed by atoms with Gasteiger partial charge in [-0.1, -0.05) is 19.8 Å². The molecular formula is C11H19NO. The number of ketones is 1.